The van der Waals surface area contributed by atoms with Gasteiger partial charge in [-0.3, -0.25) is 38.2 Å². The van der Waals surface area contributed by atoms with Crippen LogP contribution in [-0.2, 0) is 40.3 Å². The summed E-state index contributed by atoms with van der Waals surface area (Å²) in [6.45, 7) is -2.21. The van der Waals surface area contributed by atoms with Crippen LogP contribution >= 0.6 is 11.6 Å². The Hall–Kier alpha value is -5.97. The lowest BCUT2D eigenvalue weighted by Gasteiger charge is -2.24. The van der Waals surface area contributed by atoms with Crippen molar-refractivity contribution in [2.24, 2.45) is 5.92 Å². The van der Waals surface area contributed by atoms with Gasteiger partial charge in [-0.1, -0.05) is 11.6 Å². The van der Waals surface area contributed by atoms with E-state index in [-0.39, 0.29) is 50.5 Å². The summed E-state index contributed by atoms with van der Waals surface area (Å²) >= 11 is 6.59. The van der Waals surface area contributed by atoms with Crippen LogP contribution in [0, 0.1) is 17.6 Å². The second-order valence-corrected chi connectivity index (χ2v) is 17.5. The zero-order valence-electron chi connectivity index (χ0n) is 31.4. The summed E-state index contributed by atoms with van der Waals surface area (Å²) in [7, 11) is -4.07. The van der Waals surface area contributed by atoms with Gasteiger partial charge >= 0.3 is 0 Å². The zero-order valence-corrected chi connectivity index (χ0v) is 33.0. The van der Waals surface area contributed by atoms with Crippen LogP contribution in [0.5, 0.6) is 0 Å². The molecular weight excluding hydrogens is 880 g/mol. The van der Waals surface area contributed by atoms with Crippen molar-refractivity contribution >= 4 is 44.3 Å². The quantitative estimate of drug-likeness (QED) is 0.115. The molecule has 3 aliphatic carbocycles. The highest BCUT2D eigenvalue weighted by Crippen LogP contribution is 2.68. The number of nitrogens with zero attached hydrogens (tertiary/aromatic N) is 8. The molecule has 3 atom stereocenters. The maximum Gasteiger partial charge on any atom is 0.293 e. The fourth-order valence-corrected chi connectivity index (χ4v) is 9.61. The van der Waals surface area contributed by atoms with Crippen molar-refractivity contribution in [3.05, 3.63) is 110 Å². The molecule has 3 aliphatic rings. The van der Waals surface area contributed by atoms with E-state index < -0.39 is 118 Å². The Morgan fingerprint density at radius 1 is 0.984 bits per heavy atom. The Kier molecular flexibility index (Phi) is 10.1. The number of halogens is 9. The van der Waals surface area contributed by atoms with Gasteiger partial charge < -0.3 is 5.32 Å². The summed E-state index contributed by atoms with van der Waals surface area (Å²) in [5, 5.41) is 9.16. The predicted molar refractivity (Wildman–Crippen MR) is 204 cm³/mol. The molecule has 24 heteroatoms. The molecule has 0 saturated heterocycles. The molecule has 2 N–H and O–H groups in total. The van der Waals surface area contributed by atoms with Gasteiger partial charge in [0.2, 0.25) is 15.9 Å². The minimum absolute atomic E-state index is 0.00747. The maximum absolute atomic E-state index is 15.5. The van der Waals surface area contributed by atoms with Gasteiger partial charge in [0.25, 0.3) is 24.3 Å². The highest BCUT2D eigenvalue weighted by atomic mass is 35.5. The monoisotopic (exact) mass is 908 g/mol. The Morgan fingerprint density at radius 3 is 2.39 bits per heavy atom. The van der Waals surface area contributed by atoms with Crippen molar-refractivity contribution in [3.8, 4) is 17.1 Å². The van der Waals surface area contributed by atoms with Gasteiger partial charge in [-0.25, -0.2) is 39.7 Å². The summed E-state index contributed by atoms with van der Waals surface area (Å²) < 4.78 is 147. The number of carbonyl (C=O) groups is 1. The van der Waals surface area contributed by atoms with Gasteiger partial charge in [0.05, 0.1) is 44.8 Å². The molecule has 6 aromatic rings. The van der Waals surface area contributed by atoms with E-state index in [1.165, 1.54) is 30.7 Å². The molecular formula is C38H29ClF8N10O4S. The number of carbonyl (C=O) groups excluding carboxylic acids is 1. The number of hydrogen-bond donors (Lipinski definition) is 2. The number of anilines is 1. The Balaban J connectivity index is 1.23. The standard InChI is InChI=1S/C38H29ClF8N10O4S/c39-22-3-4-26(33-31(22)36(53-55(33)14-27(42)43)54-62(60,61)19-1-2-19)57-29(59)12-23(25-13-48-5-6-49-25)51-37(57)24(9-16-7-17(40)10-18(41)8-16)50-28(58)15-56-34-30(32(52-56)35(44)45)20-11-21(20)38(34,46)47/h3-8,10,12-13,19-21,24,27,35H,1-2,9,11,14-15H2,(H,50,58)(H,53,54)/t20-,21+,24-/m0/s1. The van der Waals surface area contributed by atoms with E-state index in [0.717, 1.165) is 27.4 Å². The first kappa shape index (κ1) is 41.4. The molecule has 324 valence electrons. The average Bonchev–Trinajstić information content (AvgIpc) is 4.12. The molecule has 0 unspecified atom stereocenters. The van der Waals surface area contributed by atoms with Gasteiger partial charge in [0, 0.05) is 42.4 Å². The van der Waals surface area contributed by atoms with Crippen LogP contribution in [0.3, 0.4) is 0 Å². The number of rotatable bonds is 14. The lowest BCUT2D eigenvalue weighted by molar-refractivity contribution is -0.123. The Labute approximate surface area is 349 Å². The number of hydrogen-bond acceptors (Lipinski definition) is 9. The number of amides is 1. The highest BCUT2D eigenvalue weighted by Gasteiger charge is 2.67. The molecule has 62 heavy (non-hydrogen) atoms. The average molecular weight is 909 g/mol. The fraction of sp³-hybridized carbons (Fsp3) is 0.342. The molecule has 4 heterocycles. The second-order valence-electron chi connectivity index (χ2n) is 15.1. The van der Waals surface area contributed by atoms with Gasteiger partial charge in [0.1, 0.15) is 47.6 Å². The van der Waals surface area contributed by atoms with Gasteiger partial charge in [0.15, 0.2) is 5.82 Å². The fourth-order valence-electron chi connectivity index (χ4n) is 8.04. The molecule has 9 rings (SSSR count). The Bertz CT molecular complexity index is 2940. The molecule has 0 radical (unpaired) electrons. The van der Waals surface area contributed by atoms with Crippen molar-refractivity contribution in [1.29, 1.82) is 0 Å². The van der Waals surface area contributed by atoms with Crippen LogP contribution in [-0.4, -0.2) is 65.1 Å². The molecule has 1 amide bonds. The normalized spacial score (nSPS) is 18.3. The SMILES string of the molecule is O=C(Cn1nc(C(F)F)c2c1C(F)(F)[C@@H]1C[C@H]21)N[C@@H](Cc1cc(F)cc(F)c1)c1nc(-c2cnccn2)cc(=O)n1-c1ccc(Cl)c2c(NS(=O)(=O)C3CC3)nn(CC(F)F)c12. The maximum atomic E-state index is 15.5. The van der Waals surface area contributed by atoms with Gasteiger partial charge in [-0.05, 0) is 55.0 Å². The molecule has 14 nitrogen and oxygen atoms in total. The Morgan fingerprint density at radius 2 is 1.73 bits per heavy atom. The largest absolute Gasteiger partial charge is 0.344 e. The highest BCUT2D eigenvalue weighted by molar-refractivity contribution is 7.93. The van der Waals surface area contributed by atoms with E-state index in [9.17, 15) is 44.3 Å². The second kappa shape index (κ2) is 15.1. The molecule has 2 saturated carbocycles. The number of benzene rings is 2. The van der Waals surface area contributed by atoms with E-state index in [0.29, 0.717) is 23.6 Å². The third kappa shape index (κ3) is 7.43. The third-order valence-electron chi connectivity index (χ3n) is 10.8. The molecule has 2 fully saturated rings. The smallest absolute Gasteiger partial charge is 0.293 e. The molecule has 4 aromatic heterocycles. The number of nitrogens with one attached hydrogen (secondary N) is 2. The van der Waals surface area contributed by atoms with Crippen LogP contribution in [0.25, 0.3) is 28.0 Å². The number of sulfonamides is 1. The van der Waals surface area contributed by atoms with Crippen molar-refractivity contribution < 1.29 is 48.3 Å². The van der Waals surface area contributed by atoms with E-state index >= 15 is 8.78 Å². The summed E-state index contributed by atoms with van der Waals surface area (Å²) in [4.78, 5) is 41.3. The zero-order chi connectivity index (χ0) is 44.0. The molecule has 0 spiro atoms. The van der Waals surface area contributed by atoms with Crippen LogP contribution in [0.2, 0.25) is 5.02 Å². The van der Waals surface area contributed by atoms with Crippen LogP contribution in [0.15, 0.2) is 59.8 Å². The minimum Gasteiger partial charge on any atom is -0.344 e. The number of fused-ring (bicyclic) bond motifs is 4. The van der Waals surface area contributed by atoms with Crippen LogP contribution in [0.1, 0.15) is 66.0 Å². The van der Waals surface area contributed by atoms with Crippen LogP contribution < -0.4 is 15.6 Å². The number of alkyl halides is 6. The van der Waals surface area contributed by atoms with Crippen molar-refractivity contribution in [3.63, 3.8) is 0 Å². The minimum atomic E-state index is -4.07. The lowest BCUT2D eigenvalue weighted by atomic mass is 10.0. The summed E-state index contributed by atoms with van der Waals surface area (Å²) in [6, 6.07) is 4.08. The van der Waals surface area contributed by atoms with Crippen molar-refractivity contribution in [2.75, 3.05) is 4.72 Å². The van der Waals surface area contributed by atoms with Crippen molar-refractivity contribution in [2.45, 2.75) is 74.8 Å². The topological polar surface area (TPSA) is 172 Å². The van der Waals surface area contributed by atoms with Gasteiger partial charge in [-0.15, -0.1) is 0 Å². The predicted octanol–water partition coefficient (Wildman–Crippen LogP) is 6.58. The van der Waals surface area contributed by atoms with Crippen molar-refractivity contribution in [1.82, 2.24) is 44.4 Å². The van der Waals surface area contributed by atoms with Gasteiger partial charge in [-0.2, -0.15) is 19.0 Å². The van der Waals surface area contributed by atoms with E-state index in [4.69, 9.17) is 11.6 Å². The summed E-state index contributed by atoms with van der Waals surface area (Å²) in [5.74, 6) is -9.88. The number of aromatic nitrogens is 8. The molecule has 0 aliphatic heterocycles. The summed E-state index contributed by atoms with van der Waals surface area (Å²) in [6.07, 6.45) is -2.51. The van der Waals surface area contributed by atoms with E-state index in [2.05, 4.69) is 35.2 Å². The van der Waals surface area contributed by atoms with E-state index in [1.54, 1.807) is 0 Å². The summed E-state index contributed by atoms with van der Waals surface area (Å²) in [5.41, 5.74) is -3.96. The first-order valence-corrected chi connectivity index (χ1v) is 20.7. The molecule has 2 aromatic carbocycles. The third-order valence-corrected chi connectivity index (χ3v) is 13.0. The van der Waals surface area contributed by atoms with E-state index in [1.807, 2.05) is 0 Å². The van der Waals surface area contributed by atoms with Crippen LogP contribution in [0.4, 0.5) is 40.9 Å². The molecule has 0 bridgehead atoms. The lowest BCUT2D eigenvalue weighted by Crippen LogP contribution is -2.38. The first-order valence-electron chi connectivity index (χ1n) is 18.8. The first-order chi connectivity index (χ1) is 29.4.